The second kappa shape index (κ2) is 5.49. The third kappa shape index (κ3) is 2.99. The molecule has 2 aromatic rings. The standard InChI is InChI=1S/C16H17FN2/c17-16-7-2-1-5-14(16)9-13-10-19(11-13)12-15-6-3-4-8-18-15/h1-8,13H,9-12H2. The summed E-state index contributed by atoms with van der Waals surface area (Å²) in [5.41, 5.74) is 1.94. The van der Waals surface area contributed by atoms with E-state index in [1.165, 1.54) is 0 Å². The van der Waals surface area contributed by atoms with Gasteiger partial charge in [-0.05, 0) is 36.1 Å². The fraction of sp³-hybridized carbons (Fsp3) is 0.312. The van der Waals surface area contributed by atoms with E-state index < -0.39 is 0 Å². The number of nitrogens with zero attached hydrogens (tertiary/aromatic N) is 2. The number of likely N-dealkylation sites (tertiary alicyclic amines) is 1. The van der Waals surface area contributed by atoms with Crippen molar-refractivity contribution in [2.45, 2.75) is 13.0 Å². The highest BCUT2D eigenvalue weighted by Crippen LogP contribution is 2.23. The van der Waals surface area contributed by atoms with Crippen molar-refractivity contribution in [3.05, 3.63) is 65.7 Å². The molecule has 3 heteroatoms. The maximum Gasteiger partial charge on any atom is 0.126 e. The number of hydrogen-bond donors (Lipinski definition) is 0. The Labute approximate surface area is 112 Å². The van der Waals surface area contributed by atoms with Crippen molar-refractivity contribution in [1.82, 2.24) is 9.88 Å². The van der Waals surface area contributed by atoms with Gasteiger partial charge in [-0.3, -0.25) is 9.88 Å². The first kappa shape index (κ1) is 12.3. The lowest BCUT2D eigenvalue weighted by Crippen LogP contribution is -2.47. The van der Waals surface area contributed by atoms with Gasteiger partial charge < -0.3 is 0 Å². The van der Waals surface area contributed by atoms with Crippen LogP contribution in [0.3, 0.4) is 0 Å². The molecule has 1 aromatic heterocycles. The van der Waals surface area contributed by atoms with E-state index in [-0.39, 0.29) is 5.82 Å². The maximum atomic E-state index is 13.5. The highest BCUT2D eigenvalue weighted by molar-refractivity contribution is 5.18. The molecule has 0 unspecified atom stereocenters. The smallest absolute Gasteiger partial charge is 0.126 e. The summed E-state index contributed by atoms with van der Waals surface area (Å²) < 4.78 is 13.5. The molecule has 1 fully saturated rings. The second-order valence-corrected chi connectivity index (χ2v) is 5.18. The maximum absolute atomic E-state index is 13.5. The molecule has 1 aromatic carbocycles. The molecule has 2 heterocycles. The Hall–Kier alpha value is -1.74. The summed E-state index contributed by atoms with van der Waals surface area (Å²) in [7, 11) is 0. The van der Waals surface area contributed by atoms with Gasteiger partial charge in [0.15, 0.2) is 0 Å². The van der Waals surface area contributed by atoms with Gasteiger partial charge in [-0.15, -0.1) is 0 Å². The topological polar surface area (TPSA) is 16.1 Å². The molecular weight excluding hydrogens is 239 g/mol. The van der Waals surface area contributed by atoms with Crippen LogP contribution < -0.4 is 0 Å². The zero-order valence-electron chi connectivity index (χ0n) is 10.8. The fourth-order valence-corrected chi connectivity index (χ4v) is 2.63. The van der Waals surface area contributed by atoms with Crippen LogP contribution in [-0.2, 0) is 13.0 Å². The second-order valence-electron chi connectivity index (χ2n) is 5.18. The average Bonchev–Trinajstić information content (AvgIpc) is 2.40. The number of pyridine rings is 1. The van der Waals surface area contributed by atoms with Crippen molar-refractivity contribution >= 4 is 0 Å². The van der Waals surface area contributed by atoms with Crippen molar-refractivity contribution in [3.63, 3.8) is 0 Å². The largest absolute Gasteiger partial charge is 0.297 e. The van der Waals surface area contributed by atoms with E-state index in [0.29, 0.717) is 5.92 Å². The van der Waals surface area contributed by atoms with Crippen molar-refractivity contribution in [3.8, 4) is 0 Å². The molecule has 0 atom stereocenters. The summed E-state index contributed by atoms with van der Waals surface area (Å²) in [4.78, 5) is 6.68. The lowest BCUT2D eigenvalue weighted by atomic mass is 9.92. The van der Waals surface area contributed by atoms with Gasteiger partial charge >= 0.3 is 0 Å². The zero-order valence-corrected chi connectivity index (χ0v) is 10.8. The molecule has 0 amide bonds. The molecular formula is C16H17FN2. The van der Waals surface area contributed by atoms with Gasteiger partial charge in [0.2, 0.25) is 0 Å². The van der Waals surface area contributed by atoms with Gasteiger partial charge in [-0.1, -0.05) is 24.3 Å². The van der Waals surface area contributed by atoms with Crippen molar-refractivity contribution < 1.29 is 4.39 Å². The minimum Gasteiger partial charge on any atom is -0.297 e. The Morgan fingerprint density at radius 1 is 1.11 bits per heavy atom. The van der Waals surface area contributed by atoms with E-state index in [9.17, 15) is 4.39 Å². The van der Waals surface area contributed by atoms with E-state index in [2.05, 4.69) is 9.88 Å². The van der Waals surface area contributed by atoms with E-state index >= 15 is 0 Å². The molecule has 98 valence electrons. The fourth-order valence-electron chi connectivity index (χ4n) is 2.63. The normalized spacial score (nSPS) is 16.3. The van der Waals surface area contributed by atoms with E-state index in [1.807, 2.05) is 36.5 Å². The van der Waals surface area contributed by atoms with Crippen LogP contribution in [0, 0.1) is 11.7 Å². The van der Waals surface area contributed by atoms with E-state index in [4.69, 9.17) is 0 Å². The average molecular weight is 256 g/mol. The Kier molecular flexibility index (Phi) is 3.56. The molecule has 0 aliphatic carbocycles. The van der Waals surface area contributed by atoms with Crippen LogP contribution in [-0.4, -0.2) is 23.0 Å². The minimum absolute atomic E-state index is 0.0781. The first-order valence-corrected chi connectivity index (χ1v) is 6.67. The van der Waals surface area contributed by atoms with Gasteiger partial charge in [-0.25, -0.2) is 4.39 Å². The van der Waals surface area contributed by atoms with Gasteiger partial charge in [-0.2, -0.15) is 0 Å². The minimum atomic E-state index is -0.0781. The summed E-state index contributed by atoms with van der Waals surface area (Å²) in [6.45, 7) is 2.96. The molecule has 1 saturated heterocycles. The molecule has 1 aliphatic heterocycles. The molecule has 0 spiro atoms. The Morgan fingerprint density at radius 3 is 2.63 bits per heavy atom. The highest BCUT2D eigenvalue weighted by Gasteiger charge is 2.27. The first-order chi connectivity index (χ1) is 9.31. The van der Waals surface area contributed by atoms with E-state index in [1.54, 1.807) is 12.1 Å². The van der Waals surface area contributed by atoms with Gasteiger partial charge in [0.05, 0.1) is 5.69 Å². The Bertz CT molecular complexity index is 535. The number of benzene rings is 1. The van der Waals surface area contributed by atoms with Gasteiger partial charge in [0.1, 0.15) is 5.82 Å². The molecule has 3 rings (SSSR count). The third-order valence-electron chi connectivity index (χ3n) is 3.61. The molecule has 1 aliphatic rings. The number of rotatable bonds is 4. The highest BCUT2D eigenvalue weighted by atomic mass is 19.1. The molecule has 0 saturated carbocycles. The van der Waals surface area contributed by atoms with Crippen LogP contribution >= 0.6 is 0 Å². The third-order valence-corrected chi connectivity index (χ3v) is 3.61. The predicted molar refractivity (Wildman–Crippen MR) is 73.1 cm³/mol. The van der Waals surface area contributed by atoms with Gasteiger partial charge in [0.25, 0.3) is 0 Å². The van der Waals surface area contributed by atoms with Crippen molar-refractivity contribution in [1.29, 1.82) is 0 Å². The van der Waals surface area contributed by atoms with Crippen LogP contribution in [0.15, 0.2) is 48.7 Å². The summed E-state index contributed by atoms with van der Waals surface area (Å²) in [5, 5.41) is 0. The van der Waals surface area contributed by atoms with Crippen molar-refractivity contribution in [2.24, 2.45) is 5.92 Å². The predicted octanol–water partition coefficient (Wildman–Crippen LogP) is 2.90. The van der Waals surface area contributed by atoms with Crippen LogP contribution in [0.5, 0.6) is 0 Å². The summed E-state index contributed by atoms with van der Waals surface area (Å²) >= 11 is 0. The molecule has 2 nitrogen and oxygen atoms in total. The number of hydrogen-bond acceptors (Lipinski definition) is 2. The van der Waals surface area contributed by atoms with E-state index in [0.717, 1.165) is 37.3 Å². The van der Waals surface area contributed by atoms with Crippen LogP contribution in [0.25, 0.3) is 0 Å². The molecule has 0 bridgehead atoms. The van der Waals surface area contributed by atoms with Crippen LogP contribution in [0.2, 0.25) is 0 Å². The zero-order chi connectivity index (χ0) is 13.1. The van der Waals surface area contributed by atoms with Crippen LogP contribution in [0.4, 0.5) is 4.39 Å². The Morgan fingerprint density at radius 2 is 1.89 bits per heavy atom. The van der Waals surface area contributed by atoms with Crippen LogP contribution in [0.1, 0.15) is 11.3 Å². The summed E-state index contributed by atoms with van der Waals surface area (Å²) in [6, 6.07) is 13.1. The number of aromatic nitrogens is 1. The quantitative estimate of drug-likeness (QED) is 0.836. The molecule has 0 N–H and O–H groups in total. The lowest BCUT2D eigenvalue weighted by molar-refractivity contribution is 0.0906. The summed E-state index contributed by atoms with van der Waals surface area (Å²) in [6.07, 6.45) is 2.66. The SMILES string of the molecule is Fc1ccccc1CC1CN(Cc2ccccn2)C1. The Balaban J connectivity index is 1.50. The number of halogens is 1. The summed E-state index contributed by atoms with van der Waals surface area (Å²) in [5.74, 6) is 0.492. The monoisotopic (exact) mass is 256 g/mol. The first-order valence-electron chi connectivity index (χ1n) is 6.67. The molecule has 19 heavy (non-hydrogen) atoms. The van der Waals surface area contributed by atoms with Gasteiger partial charge in [0, 0.05) is 25.8 Å². The van der Waals surface area contributed by atoms with Crippen molar-refractivity contribution in [2.75, 3.05) is 13.1 Å². The molecule has 0 radical (unpaired) electrons. The lowest BCUT2D eigenvalue weighted by Gasteiger charge is -2.39.